The smallest absolute Gasteiger partial charge is 0.0549 e. The van der Waals surface area contributed by atoms with Gasteiger partial charge in [-0.2, -0.15) is 0 Å². The molecular formula is C43H31NS. The van der Waals surface area contributed by atoms with Crippen LogP contribution in [0.2, 0.25) is 0 Å². The van der Waals surface area contributed by atoms with E-state index in [0.29, 0.717) is 0 Å². The summed E-state index contributed by atoms with van der Waals surface area (Å²) in [6, 6.07) is 55.8. The summed E-state index contributed by atoms with van der Waals surface area (Å²) >= 11 is 1.87. The molecule has 0 atom stereocenters. The van der Waals surface area contributed by atoms with E-state index in [2.05, 4.69) is 170 Å². The molecule has 1 aliphatic rings. The standard InChI is InChI=1S/C43H31NS/c1-43(2)37-21-10-8-20-36(37)41-38(26-30-15-6-7-18-33(30)42(41)43)44(31-17-12-16-29(25-31)28-13-4-3-5-14-28)32-23-24-35-34-19-9-11-22-39(34)45-40(35)27-32/h3-27H,1-2H3. The van der Waals surface area contributed by atoms with Crippen LogP contribution >= 0.6 is 11.3 Å². The zero-order valence-electron chi connectivity index (χ0n) is 25.3. The topological polar surface area (TPSA) is 3.24 Å². The van der Waals surface area contributed by atoms with Crippen molar-refractivity contribution in [2.75, 3.05) is 4.90 Å². The molecule has 0 fully saturated rings. The van der Waals surface area contributed by atoms with Gasteiger partial charge in [-0.25, -0.2) is 0 Å². The van der Waals surface area contributed by atoms with Gasteiger partial charge in [-0.15, -0.1) is 11.3 Å². The summed E-state index contributed by atoms with van der Waals surface area (Å²) in [5, 5.41) is 5.23. The number of hydrogen-bond acceptors (Lipinski definition) is 2. The fourth-order valence-corrected chi connectivity index (χ4v) is 8.69. The number of rotatable bonds is 4. The molecule has 214 valence electrons. The highest BCUT2D eigenvalue weighted by atomic mass is 32.1. The molecule has 0 bridgehead atoms. The number of thiophene rings is 1. The van der Waals surface area contributed by atoms with Crippen molar-refractivity contribution >= 4 is 59.3 Å². The third kappa shape index (κ3) is 3.99. The highest BCUT2D eigenvalue weighted by molar-refractivity contribution is 7.25. The van der Waals surface area contributed by atoms with E-state index in [9.17, 15) is 0 Å². The monoisotopic (exact) mass is 593 g/mol. The molecule has 45 heavy (non-hydrogen) atoms. The molecule has 1 aromatic heterocycles. The van der Waals surface area contributed by atoms with Gasteiger partial charge in [-0.05, 0) is 75.0 Å². The summed E-state index contributed by atoms with van der Waals surface area (Å²) in [7, 11) is 0. The van der Waals surface area contributed by atoms with Crippen LogP contribution in [0.15, 0.2) is 152 Å². The Morgan fingerprint density at radius 1 is 0.511 bits per heavy atom. The van der Waals surface area contributed by atoms with Crippen molar-refractivity contribution in [2.24, 2.45) is 0 Å². The molecule has 0 spiro atoms. The Hall–Kier alpha value is -5.18. The summed E-state index contributed by atoms with van der Waals surface area (Å²) in [5.41, 5.74) is 11.3. The van der Waals surface area contributed by atoms with Gasteiger partial charge in [-0.3, -0.25) is 0 Å². The minimum atomic E-state index is -0.130. The van der Waals surface area contributed by atoms with E-state index in [-0.39, 0.29) is 5.41 Å². The molecule has 0 unspecified atom stereocenters. The fraction of sp³-hybridized carbons (Fsp3) is 0.0698. The highest BCUT2D eigenvalue weighted by Crippen LogP contribution is 2.57. The maximum atomic E-state index is 2.50. The molecule has 1 heterocycles. The average Bonchev–Trinajstić information content (AvgIpc) is 3.57. The Kier molecular flexibility index (Phi) is 5.78. The van der Waals surface area contributed by atoms with Crippen LogP contribution in [0, 0.1) is 0 Å². The Morgan fingerprint density at radius 2 is 1.20 bits per heavy atom. The molecule has 0 N–H and O–H groups in total. The van der Waals surface area contributed by atoms with E-state index >= 15 is 0 Å². The van der Waals surface area contributed by atoms with E-state index in [1.165, 1.54) is 75.7 Å². The van der Waals surface area contributed by atoms with Crippen LogP contribution in [-0.4, -0.2) is 0 Å². The third-order valence-corrected chi connectivity index (χ3v) is 10.7. The van der Waals surface area contributed by atoms with Crippen molar-refractivity contribution in [2.45, 2.75) is 19.3 Å². The Bertz CT molecular complexity index is 2410. The molecular weight excluding hydrogens is 563 g/mol. The second kappa shape index (κ2) is 9.92. The predicted molar refractivity (Wildman–Crippen MR) is 195 cm³/mol. The fourth-order valence-electron chi connectivity index (χ4n) is 7.55. The largest absolute Gasteiger partial charge is 0.310 e. The van der Waals surface area contributed by atoms with Gasteiger partial charge in [0.2, 0.25) is 0 Å². The van der Waals surface area contributed by atoms with E-state index < -0.39 is 0 Å². The zero-order chi connectivity index (χ0) is 30.1. The maximum Gasteiger partial charge on any atom is 0.0549 e. The first-order chi connectivity index (χ1) is 22.1. The first-order valence-corrected chi connectivity index (χ1v) is 16.4. The molecule has 0 saturated heterocycles. The lowest BCUT2D eigenvalue weighted by molar-refractivity contribution is 0.666. The zero-order valence-corrected chi connectivity index (χ0v) is 26.1. The molecule has 1 nitrogen and oxygen atoms in total. The van der Waals surface area contributed by atoms with Gasteiger partial charge in [0.15, 0.2) is 0 Å². The summed E-state index contributed by atoms with van der Waals surface area (Å²) in [6.07, 6.45) is 0. The lowest BCUT2D eigenvalue weighted by Crippen LogP contribution is -2.16. The van der Waals surface area contributed by atoms with Gasteiger partial charge < -0.3 is 4.90 Å². The van der Waals surface area contributed by atoms with Crippen molar-refractivity contribution in [3.8, 4) is 22.3 Å². The maximum absolute atomic E-state index is 2.50. The average molecular weight is 594 g/mol. The van der Waals surface area contributed by atoms with Crippen LogP contribution in [-0.2, 0) is 5.41 Å². The Morgan fingerprint density at radius 3 is 2.09 bits per heavy atom. The number of fused-ring (bicyclic) bond motifs is 8. The second-order valence-electron chi connectivity index (χ2n) is 12.6. The summed E-state index contributed by atoms with van der Waals surface area (Å²) < 4.78 is 2.63. The van der Waals surface area contributed by atoms with Crippen molar-refractivity contribution in [1.29, 1.82) is 0 Å². The number of benzene rings is 7. The summed E-state index contributed by atoms with van der Waals surface area (Å²) in [5.74, 6) is 0. The minimum absolute atomic E-state index is 0.130. The SMILES string of the molecule is CC1(C)c2ccccc2-c2c(N(c3cccc(-c4ccccc4)c3)c3ccc4c(c3)sc3ccccc34)cc3ccccc3c21. The van der Waals surface area contributed by atoms with Crippen LogP contribution in [0.1, 0.15) is 25.0 Å². The molecule has 8 aromatic rings. The minimum Gasteiger partial charge on any atom is -0.310 e. The number of anilines is 3. The molecule has 1 aliphatic carbocycles. The first-order valence-electron chi connectivity index (χ1n) is 15.6. The van der Waals surface area contributed by atoms with Crippen LogP contribution < -0.4 is 4.90 Å². The van der Waals surface area contributed by atoms with Crippen LogP contribution in [0.25, 0.3) is 53.2 Å². The van der Waals surface area contributed by atoms with Gasteiger partial charge >= 0.3 is 0 Å². The molecule has 0 aliphatic heterocycles. The molecule has 7 aromatic carbocycles. The highest BCUT2D eigenvalue weighted by Gasteiger charge is 2.39. The van der Waals surface area contributed by atoms with Crippen LogP contribution in [0.5, 0.6) is 0 Å². The van der Waals surface area contributed by atoms with Crippen molar-refractivity contribution < 1.29 is 0 Å². The third-order valence-electron chi connectivity index (χ3n) is 9.60. The van der Waals surface area contributed by atoms with Gasteiger partial charge in [-0.1, -0.05) is 129 Å². The molecule has 0 amide bonds. The van der Waals surface area contributed by atoms with E-state index in [4.69, 9.17) is 0 Å². The van der Waals surface area contributed by atoms with Gasteiger partial charge in [0.1, 0.15) is 0 Å². The van der Waals surface area contributed by atoms with Gasteiger partial charge in [0.05, 0.1) is 5.69 Å². The van der Waals surface area contributed by atoms with Gasteiger partial charge in [0.25, 0.3) is 0 Å². The van der Waals surface area contributed by atoms with Crippen molar-refractivity contribution in [1.82, 2.24) is 0 Å². The van der Waals surface area contributed by atoms with E-state index in [0.717, 1.165) is 5.69 Å². The van der Waals surface area contributed by atoms with Crippen LogP contribution in [0.4, 0.5) is 17.1 Å². The lowest BCUT2D eigenvalue weighted by Gasteiger charge is -2.30. The lowest BCUT2D eigenvalue weighted by atomic mass is 9.80. The molecule has 2 heteroatoms. The van der Waals surface area contributed by atoms with E-state index in [1.807, 2.05) is 11.3 Å². The van der Waals surface area contributed by atoms with E-state index in [1.54, 1.807) is 0 Å². The normalized spacial score (nSPS) is 13.3. The van der Waals surface area contributed by atoms with Crippen LogP contribution in [0.3, 0.4) is 0 Å². The molecule has 9 rings (SSSR count). The Balaban J connectivity index is 1.37. The quantitative estimate of drug-likeness (QED) is 0.196. The molecule has 0 radical (unpaired) electrons. The second-order valence-corrected chi connectivity index (χ2v) is 13.7. The Labute approximate surface area is 267 Å². The summed E-state index contributed by atoms with van der Waals surface area (Å²) in [4.78, 5) is 2.50. The van der Waals surface area contributed by atoms with Gasteiger partial charge in [0, 0.05) is 42.5 Å². The number of hydrogen-bond donors (Lipinski definition) is 0. The number of nitrogens with zero attached hydrogens (tertiary/aromatic N) is 1. The summed E-state index contributed by atoms with van der Waals surface area (Å²) in [6.45, 7) is 4.77. The first kappa shape index (κ1) is 26.2. The predicted octanol–water partition coefficient (Wildman–Crippen LogP) is 12.7. The van der Waals surface area contributed by atoms with Crippen molar-refractivity contribution in [3.63, 3.8) is 0 Å². The molecule has 0 saturated carbocycles. The van der Waals surface area contributed by atoms with Crippen molar-refractivity contribution in [3.05, 3.63) is 163 Å².